The lowest BCUT2D eigenvalue weighted by molar-refractivity contribution is 0.0698. The number of aromatic carboxylic acids is 1. The SMILES string of the molecule is Cc1cccc(-c2cc(C)nc(N3CCCC(C)C3)c2C(=O)O)c1. The van der Waals surface area contributed by atoms with Crippen molar-refractivity contribution in [2.24, 2.45) is 5.92 Å². The molecule has 0 aliphatic carbocycles. The van der Waals surface area contributed by atoms with E-state index in [9.17, 15) is 9.90 Å². The summed E-state index contributed by atoms with van der Waals surface area (Å²) in [6, 6.07) is 9.87. The van der Waals surface area contributed by atoms with E-state index in [2.05, 4.69) is 16.8 Å². The number of nitrogens with zero attached hydrogens (tertiary/aromatic N) is 2. The van der Waals surface area contributed by atoms with Gasteiger partial charge in [-0.3, -0.25) is 0 Å². The van der Waals surface area contributed by atoms with Crippen LogP contribution in [0, 0.1) is 19.8 Å². The Morgan fingerprint density at radius 2 is 2.08 bits per heavy atom. The van der Waals surface area contributed by atoms with E-state index in [0.29, 0.717) is 17.3 Å². The molecule has 4 nitrogen and oxygen atoms in total. The maximum Gasteiger partial charge on any atom is 0.340 e. The van der Waals surface area contributed by atoms with Gasteiger partial charge in [-0.05, 0) is 44.2 Å². The van der Waals surface area contributed by atoms with Crippen molar-refractivity contribution in [2.75, 3.05) is 18.0 Å². The van der Waals surface area contributed by atoms with E-state index in [1.54, 1.807) is 0 Å². The molecule has 0 radical (unpaired) electrons. The molecule has 1 aliphatic rings. The van der Waals surface area contributed by atoms with Gasteiger partial charge in [-0.25, -0.2) is 9.78 Å². The molecule has 0 spiro atoms. The van der Waals surface area contributed by atoms with Crippen molar-refractivity contribution >= 4 is 11.8 Å². The summed E-state index contributed by atoms with van der Waals surface area (Å²) in [6.45, 7) is 7.90. The van der Waals surface area contributed by atoms with E-state index in [1.165, 1.54) is 6.42 Å². The van der Waals surface area contributed by atoms with Gasteiger partial charge >= 0.3 is 5.97 Å². The summed E-state index contributed by atoms with van der Waals surface area (Å²) in [5.74, 6) is 0.267. The molecule has 1 fully saturated rings. The molecule has 24 heavy (non-hydrogen) atoms. The number of hydrogen-bond acceptors (Lipinski definition) is 3. The van der Waals surface area contributed by atoms with Crippen molar-refractivity contribution in [3.05, 3.63) is 47.2 Å². The number of rotatable bonds is 3. The Morgan fingerprint density at radius 1 is 1.29 bits per heavy atom. The van der Waals surface area contributed by atoms with Crippen LogP contribution in [0.3, 0.4) is 0 Å². The molecule has 1 saturated heterocycles. The second kappa shape index (κ2) is 6.63. The monoisotopic (exact) mass is 324 g/mol. The summed E-state index contributed by atoms with van der Waals surface area (Å²) in [7, 11) is 0. The Balaban J connectivity index is 2.17. The standard InChI is InChI=1S/C20H24N2O2/c1-13-6-4-8-16(10-13)17-11-15(3)21-19(18(17)20(23)24)22-9-5-7-14(2)12-22/h4,6,8,10-11,14H,5,7,9,12H2,1-3H3,(H,23,24). The van der Waals surface area contributed by atoms with Crippen molar-refractivity contribution in [2.45, 2.75) is 33.6 Å². The number of carbonyl (C=O) groups is 1. The summed E-state index contributed by atoms with van der Waals surface area (Å²) in [5.41, 5.74) is 3.98. The van der Waals surface area contributed by atoms with Crippen LogP contribution >= 0.6 is 0 Å². The van der Waals surface area contributed by atoms with E-state index < -0.39 is 5.97 Å². The van der Waals surface area contributed by atoms with Crippen LogP contribution in [0.5, 0.6) is 0 Å². The van der Waals surface area contributed by atoms with E-state index >= 15 is 0 Å². The molecule has 4 heteroatoms. The number of hydrogen-bond donors (Lipinski definition) is 1. The Bertz CT molecular complexity index is 770. The molecule has 0 bridgehead atoms. The second-order valence-electron chi connectivity index (χ2n) is 6.88. The first kappa shape index (κ1) is 16.5. The highest BCUT2D eigenvalue weighted by Crippen LogP contribution is 2.33. The van der Waals surface area contributed by atoms with Crippen LogP contribution in [-0.2, 0) is 0 Å². The Morgan fingerprint density at radius 3 is 2.75 bits per heavy atom. The van der Waals surface area contributed by atoms with Crippen LogP contribution in [0.1, 0.15) is 41.4 Å². The minimum atomic E-state index is -0.910. The van der Waals surface area contributed by atoms with Gasteiger partial charge in [-0.2, -0.15) is 0 Å². The fourth-order valence-electron chi connectivity index (χ4n) is 3.52. The molecule has 1 N–H and O–H groups in total. The predicted molar refractivity (Wildman–Crippen MR) is 96.7 cm³/mol. The number of pyridine rings is 1. The highest BCUT2D eigenvalue weighted by molar-refractivity contribution is 6.01. The largest absolute Gasteiger partial charge is 0.478 e. The molecule has 1 aromatic carbocycles. The molecule has 1 atom stereocenters. The van der Waals surface area contributed by atoms with Gasteiger partial charge in [0.15, 0.2) is 0 Å². The summed E-state index contributed by atoms with van der Waals surface area (Å²) >= 11 is 0. The molecule has 1 unspecified atom stereocenters. The van der Waals surface area contributed by atoms with E-state index in [4.69, 9.17) is 0 Å². The van der Waals surface area contributed by atoms with Gasteiger partial charge in [0.2, 0.25) is 0 Å². The first-order chi connectivity index (χ1) is 11.5. The van der Waals surface area contributed by atoms with Crippen molar-refractivity contribution in [1.29, 1.82) is 0 Å². The number of aryl methyl sites for hydroxylation is 2. The molecule has 2 heterocycles. The minimum absolute atomic E-state index is 0.320. The maximum absolute atomic E-state index is 12.1. The zero-order valence-corrected chi connectivity index (χ0v) is 14.5. The molecule has 1 aromatic heterocycles. The lowest BCUT2D eigenvalue weighted by Crippen LogP contribution is -2.36. The van der Waals surface area contributed by atoms with E-state index in [-0.39, 0.29) is 0 Å². The van der Waals surface area contributed by atoms with Crippen molar-refractivity contribution in [1.82, 2.24) is 4.98 Å². The van der Waals surface area contributed by atoms with Crippen LogP contribution < -0.4 is 4.90 Å². The zero-order chi connectivity index (χ0) is 17.3. The molecular weight excluding hydrogens is 300 g/mol. The summed E-state index contributed by atoms with van der Waals surface area (Å²) in [6.07, 6.45) is 2.27. The van der Waals surface area contributed by atoms with Crippen LogP contribution in [0.2, 0.25) is 0 Å². The van der Waals surface area contributed by atoms with Crippen molar-refractivity contribution in [3.8, 4) is 11.1 Å². The van der Waals surface area contributed by atoms with Crippen LogP contribution in [0.4, 0.5) is 5.82 Å². The van der Waals surface area contributed by atoms with Gasteiger partial charge < -0.3 is 10.0 Å². The van der Waals surface area contributed by atoms with Gasteiger partial charge in [0.05, 0.1) is 0 Å². The first-order valence-electron chi connectivity index (χ1n) is 8.52. The Labute approximate surface area is 143 Å². The third-order valence-electron chi connectivity index (χ3n) is 4.63. The number of piperidine rings is 1. The summed E-state index contributed by atoms with van der Waals surface area (Å²) in [4.78, 5) is 18.8. The average Bonchev–Trinajstić information content (AvgIpc) is 2.53. The smallest absolute Gasteiger partial charge is 0.340 e. The lowest BCUT2D eigenvalue weighted by Gasteiger charge is -2.33. The maximum atomic E-state index is 12.1. The van der Waals surface area contributed by atoms with Crippen LogP contribution in [0.25, 0.3) is 11.1 Å². The molecule has 126 valence electrons. The topological polar surface area (TPSA) is 53.4 Å². The second-order valence-corrected chi connectivity index (χ2v) is 6.88. The third kappa shape index (κ3) is 3.28. The number of carboxylic acid groups (broad SMARTS) is 1. The van der Waals surface area contributed by atoms with Gasteiger partial charge in [0.25, 0.3) is 0 Å². The van der Waals surface area contributed by atoms with Gasteiger partial charge in [-0.15, -0.1) is 0 Å². The predicted octanol–water partition coefficient (Wildman–Crippen LogP) is 4.30. The summed E-state index contributed by atoms with van der Waals surface area (Å²) < 4.78 is 0. The third-order valence-corrected chi connectivity index (χ3v) is 4.63. The Hall–Kier alpha value is -2.36. The quantitative estimate of drug-likeness (QED) is 0.914. The van der Waals surface area contributed by atoms with Crippen molar-refractivity contribution in [3.63, 3.8) is 0 Å². The number of aromatic nitrogens is 1. The molecule has 2 aromatic rings. The first-order valence-corrected chi connectivity index (χ1v) is 8.52. The van der Waals surface area contributed by atoms with Crippen LogP contribution in [0.15, 0.2) is 30.3 Å². The van der Waals surface area contributed by atoms with Gasteiger partial charge in [-0.1, -0.05) is 36.8 Å². The molecular formula is C20H24N2O2. The van der Waals surface area contributed by atoms with E-state index in [0.717, 1.165) is 41.9 Å². The molecule has 0 saturated carbocycles. The number of carboxylic acids is 1. The summed E-state index contributed by atoms with van der Waals surface area (Å²) in [5, 5.41) is 9.90. The van der Waals surface area contributed by atoms with Crippen molar-refractivity contribution < 1.29 is 9.90 Å². The fraction of sp³-hybridized carbons (Fsp3) is 0.400. The zero-order valence-electron chi connectivity index (χ0n) is 14.5. The normalized spacial score (nSPS) is 17.8. The van der Waals surface area contributed by atoms with Crippen LogP contribution in [-0.4, -0.2) is 29.1 Å². The highest BCUT2D eigenvalue weighted by atomic mass is 16.4. The minimum Gasteiger partial charge on any atom is -0.478 e. The molecule has 3 rings (SSSR count). The highest BCUT2D eigenvalue weighted by Gasteiger charge is 2.26. The fourth-order valence-corrected chi connectivity index (χ4v) is 3.52. The Kier molecular flexibility index (Phi) is 4.56. The van der Waals surface area contributed by atoms with E-state index in [1.807, 2.05) is 44.2 Å². The molecule has 1 aliphatic heterocycles. The average molecular weight is 324 g/mol. The molecule has 0 amide bonds. The van der Waals surface area contributed by atoms with Gasteiger partial charge in [0.1, 0.15) is 11.4 Å². The lowest BCUT2D eigenvalue weighted by atomic mass is 9.96. The van der Waals surface area contributed by atoms with Gasteiger partial charge in [0, 0.05) is 24.3 Å². The number of anilines is 1. The number of benzene rings is 1.